The molecule has 0 spiro atoms. The van der Waals surface area contributed by atoms with E-state index in [2.05, 4.69) is 60.7 Å². The molecule has 0 rings (SSSR count). The quantitative estimate of drug-likeness (QED) is 0.721. The summed E-state index contributed by atoms with van der Waals surface area (Å²) in [6, 6.07) is 0.604. The first-order chi connectivity index (χ1) is 6.57. The molecule has 0 aromatic rings. The van der Waals surface area contributed by atoms with Crippen molar-refractivity contribution in [3.8, 4) is 0 Å². The van der Waals surface area contributed by atoms with Gasteiger partial charge in [0, 0.05) is 11.6 Å². The molecule has 0 aliphatic heterocycles. The summed E-state index contributed by atoms with van der Waals surface area (Å²) in [6.07, 6.45) is 2.46. The molecule has 0 fully saturated rings. The minimum Gasteiger partial charge on any atom is -0.309 e. The summed E-state index contributed by atoms with van der Waals surface area (Å²) < 4.78 is 0. The predicted molar refractivity (Wildman–Crippen MR) is 70.2 cm³/mol. The standard InChI is InChI=1S/C14H31N/c1-9-11(2)12(3)15-14(7,8)10-13(4,5)6/h11-12,15H,9-10H2,1-8H3. The van der Waals surface area contributed by atoms with Gasteiger partial charge >= 0.3 is 0 Å². The fourth-order valence-electron chi connectivity index (χ4n) is 2.49. The van der Waals surface area contributed by atoms with E-state index in [1.165, 1.54) is 12.8 Å². The summed E-state index contributed by atoms with van der Waals surface area (Å²) in [6.45, 7) is 18.5. The first kappa shape index (κ1) is 15.0. The lowest BCUT2D eigenvalue weighted by atomic mass is 9.81. The van der Waals surface area contributed by atoms with Crippen LogP contribution < -0.4 is 5.32 Å². The molecule has 0 amide bonds. The van der Waals surface area contributed by atoms with Crippen molar-refractivity contribution in [2.75, 3.05) is 0 Å². The Hall–Kier alpha value is -0.0400. The van der Waals surface area contributed by atoms with Gasteiger partial charge in [0.25, 0.3) is 0 Å². The van der Waals surface area contributed by atoms with Gasteiger partial charge in [0.2, 0.25) is 0 Å². The molecule has 2 unspecified atom stereocenters. The van der Waals surface area contributed by atoms with Gasteiger partial charge in [-0.05, 0) is 38.5 Å². The van der Waals surface area contributed by atoms with Crippen LogP contribution in [0.25, 0.3) is 0 Å². The largest absolute Gasteiger partial charge is 0.309 e. The van der Waals surface area contributed by atoms with E-state index in [9.17, 15) is 0 Å². The maximum Gasteiger partial charge on any atom is 0.0132 e. The fraction of sp³-hybridized carbons (Fsp3) is 1.00. The SMILES string of the molecule is CCC(C)C(C)NC(C)(C)CC(C)(C)C. The number of rotatable bonds is 5. The number of nitrogens with one attached hydrogen (secondary N) is 1. The number of hydrogen-bond acceptors (Lipinski definition) is 1. The van der Waals surface area contributed by atoms with Gasteiger partial charge in [-0.1, -0.05) is 41.0 Å². The van der Waals surface area contributed by atoms with Crippen molar-refractivity contribution < 1.29 is 0 Å². The van der Waals surface area contributed by atoms with Crippen molar-refractivity contribution in [1.82, 2.24) is 5.32 Å². The summed E-state index contributed by atoms with van der Waals surface area (Å²) in [4.78, 5) is 0. The molecule has 0 aliphatic rings. The molecule has 0 aliphatic carbocycles. The van der Waals surface area contributed by atoms with Crippen LogP contribution in [0.2, 0.25) is 0 Å². The Labute approximate surface area is 97.0 Å². The highest BCUT2D eigenvalue weighted by Crippen LogP contribution is 2.27. The summed E-state index contributed by atoms with van der Waals surface area (Å²) in [5.74, 6) is 0.754. The molecule has 1 N–H and O–H groups in total. The minimum absolute atomic E-state index is 0.237. The smallest absolute Gasteiger partial charge is 0.0132 e. The molecule has 92 valence electrons. The summed E-state index contributed by atoms with van der Waals surface area (Å²) in [5.41, 5.74) is 0.632. The lowest BCUT2D eigenvalue weighted by Gasteiger charge is -2.37. The van der Waals surface area contributed by atoms with E-state index in [0.29, 0.717) is 11.5 Å². The van der Waals surface area contributed by atoms with Crippen LogP contribution in [-0.4, -0.2) is 11.6 Å². The molecule has 0 aromatic heterocycles. The van der Waals surface area contributed by atoms with Crippen LogP contribution in [0.5, 0.6) is 0 Å². The average molecular weight is 213 g/mol. The Morgan fingerprint density at radius 1 is 1.00 bits per heavy atom. The van der Waals surface area contributed by atoms with Gasteiger partial charge in [-0.15, -0.1) is 0 Å². The number of hydrogen-bond donors (Lipinski definition) is 1. The molecule has 1 nitrogen and oxygen atoms in total. The third kappa shape index (κ3) is 6.94. The lowest BCUT2D eigenvalue weighted by Crippen LogP contribution is -2.49. The average Bonchev–Trinajstić information content (AvgIpc) is 1.96. The Bertz CT molecular complexity index is 176. The van der Waals surface area contributed by atoms with E-state index in [1.807, 2.05) is 0 Å². The van der Waals surface area contributed by atoms with Gasteiger partial charge in [0.1, 0.15) is 0 Å². The van der Waals surface area contributed by atoms with Crippen LogP contribution in [0.4, 0.5) is 0 Å². The van der Waals surface area contributed by atoms with Crippen LogP contribution in [0.3, 0.4) is 0 Å². The Morgan fingerprint density at radius 3 is 1.80 bits per heavy atom. The maximum atomic E-state index is 3.76. The van der Waals surface area contributed by atoms with Gasteiger partial charge in [-0.25, -0.2) is 0 Å². The molecular formula is C14H31N. The van der Waals surface area contributed by atoms with E-state index in [0.717, 1.165) is 5.92 Å². The molecule has 0 saturated heterocycles. The molecule has 15 heavy (non-hydrogen) atoms. The van der Waals surface area contributed by atoms with Crippen LogP contribution in [0.15, 0.2) is 0 Å². The van der Waals surface area contributed by atoms with Crippen LogP contribution >= 0.6 is 0 Å². The van der Waals surface area contributed by atoms with Crippen LogP contribution in [-0.2, 0) is 0 Å². The summed E-state index contributed by atoms with van der Waals surface area (Å²) in [5, 5.41) is 3.76. The Balaban J connectivity index is 4.25. The van der Waals surface area contributed by atoms with Gasteiger partial charge in [-0.2, -0.15) is 0 Å². The molecule has 0 bridgehead atoms. The monoisotopic (exact) mass is 213 g/mol. The molecule has 1 heteroatoms. The zero-order valence-corrected chi connectivity index (χ0v) is 12.1. The van der Waals surface area contributed by atoms with E-state index < -0.39 is 0 Å². The normalized spacial score (nSPS) is 17.6. The maximum absolute atomic E-state index is 3.76. The van der Waals surface area contributed by atoms with Crippen molar-refractivity contribution in [1.29, 1.82) is 0 Å². The molecule has 2 atom stereocenters. The molecule has 0 aromatic carbocycles. The highest BCUT2D eigenvalue weighted by Gasteiger charge is 2.27. The molecule has 0 saturated carbocycles. The summed E-state index contributed by atoms with van der Waals surface area (Å²) in [7, 11) is 0. The van der Waals surface area contributed by atoms with Gasteiger partial charge in [-0.3, -0.25) is 0 Å². The van der Waals surface area contributed by atoms with Crippen LogP contribution in [0.1, 0.15) is 68.2 Å². The fourth-order valence-corrected chi connectivity index (χ4v) is 2.49. The first-order valence-electron chi connectivity index (χ1n) is 6.35. The second-order valence-corrected chi connectivity index (χ2v) is 6.94. The highest BCUT2D eigenvalue weighted by molar-refractivity contribution is 4.86. The molecule has 0 heterocycles. The second-order valence-electron chi connectivity index (χ2n) is 6.94. The highest BCUT2D eigenvalue weighted by atomic mass is 15.0. The third-order valence-corrected chi connectivity index (χ3v) is 3.09. The Kier molecular flexibility index (Phi) is 5.32. The lowest BCUT2D eigenvalue weighted by molar-refractivity contribution is 0.206. The molecule has 0 radical (unpaired) electrons. The van der Waals surface area contributed by atoms with Crippen molar-refractivity contribution in [3.05, 3.63) is 0 Å². The van der Waals surface area contributed by atoms with Gasteiger partial charge < -0.3 is 5.32 Å². The third-order valence-electron chi connectivity index (χ3n) is 3.09. The molecular weight excluding hydrogens is 182 g/mol. The van der Waals surface area contributed by atoms with E-state index >= 15 is 0 Å². The zero-order chi connectivity index (χ0) is 12.3. The van der Waals surface area contributed by atoms with Gasteiger partial charge in [0.05, 0.1) is 0 Å². The zero-order valence-electron chi connectivity index (χ0n) is 12.1. The Morgan fingerprint density at radius 2 is 1.47 bits per heavy atom. The van der Waals surface area contributed by atoms with E-state index in [4.69, 9.17) is 0 Å². The van der Waals surface area contributed by atoms with E-state index in [1.54, 1.807) is 0 Å². The van der Waals surface area contributed by atoms with Gasteiger partial charge in [0.15, 0.2) is 0 Å². The van der Waals surface area contributed by atoms with Crippen molar-refractivity contribution in [3.63, 3.8) is 0 Å². The predicted octanol–water partition coefficient (Wildman–Crippen LogP) is 4.23. The topological polar surface area (TPSA) is 12.0 Å². The van der Waals surface area contributed by atoms with E-state index in [-0.39, 0.29) is 5.54 Å². The minimum atomic E-state index is 0.237. The first-order valence-corrected chi connectivity index (χ1v) is 6.35. The second kappa shape index (κ2) is 5.34. The van der Waals surface area contributed by atoms with Crippen molar-refractivity contribution in [2.24, 2.45) is 11.3 Å². The van der Waals surface area contributed by atoms with Crippen LogP contribution in [0, 0.1) is 11.3 Å². The summed E-state index contributed by atoms with van der Waals surface area (Å²) >= 11 is 0. The van der Waals surface area contributed by atoms with Crippen molar-refractivity contribution >= 4 is 0 Å². The van der Waals surface area contributed by atoms with Crippen molar-refractivity contribution in [2.45, 2.75) is 79.8 Å².